The molecular weight excluding hydrogens is 660 g/mol. The van der Waals surface area contributed by atoms with Crippen molar-refractivity contribution in [3.05, 3.63) is 121 Å². The fourth-order valence-corrected chi connectivity index (χ4v) is 5.72. The summed E-state index contributed by atoms with van der Waals surface area (Å²) in [7, 11) is 0. The van der Waals surface area contributed by atoms with Gasteiger partial charge in [-0.05, 0) is 52.3 Å². The summed E-state index contributed by atoms with van der Waals surface area (Å²) in [6, 6.07) is 26.5. The summed E-state index contributed by atoms with van der Waals surface area (Å²) in [6.07, 6.45) is 1.37. The van der Waals surface area contributed by atoms with Crippen molar-refractivity contribution in [1.29, 1.82) is 5.26 Å². The number of benzene rings is 4. The number of amides is 1. The molecule has 4 aromatic carbocycles. The molecule has 0 spiro atoms. The zero-order valence-electron chi connectivity index (χ0n) is 20.4. The zero-order valence-corrected chi connectivity index (χ0v) is 24.3. The lowest BCUT2D eigenvalue weighted by molar-refractivity contribution is 0.0733. The summed E-state index contributed by atoms with van der Waals surface area (Å²) >= 11 is 13.4. The molecule has 0 saturated heterocycles. The Labute approximate surface area is 250 Å². The molecular formula is C30H17Br2ClN4O3. The average molecular weight is 677 g/mol. The second-order valence-corrected chi connectivity index (χ2v) is 10.6. The Kier molecular flexibility index (Phi) is 8.12. The van der Waals surface area contributed by atoms with Crippen molar-refractivity contribution in [3.63, 3.8) is 0 Å². The van der Waals surface area contributed by atoms with Gasteiger partial charge in [-0.1, -0.05) is 76.1 Å². The first-order chi connectivity index (χ1) is 19.4. The normalized spacial score (nSPS) is 10.9. The van der Waals surface area contributed by atoms with Gasteiger partial charge in [-0.15, -0.1) is 0 Å². The van der Waals surface area contributed by atoms with Gasteiger partial charge in [0.05, 0.1) is 27.3 Å². The number of carbonyl (C=O) groups excluding carboxylic acids is 2. The van der Waals surface area contributed by atoms with Crippen LogP contribution in [0.1, 0.15) is 32.0 Å². The van der Waals surface area contributed by atoms with E-state index in [0.29, 0.717) is 52.7 Å². The van der Waals surface area contributed by atoms with Gasteiger partial charge in [0, 0.05) is 31.6 Å². The summed E-state index contributed by atoms with van der Waals surface area (Å²) in [6.45, 7) is 0. The van der Waals surface area contributed by atoms with Crippen molar-refractivity contribution in [2.45, 2.75) is 0 Å². The molecule has 0 aliphatic heterocycles. The molecule has 2 N–H and O–H groups in total. The standard InChI is InChI=1S/C30H17Br2ClN4O3/c31-20-13-19(28(23(32)14-20)40-30(39)17-7-2-1-3-8-17)16-35-37-29(38)27-25(21-10-4-5-12-24(21)33)22-11-6-9-18(15-34)26(22)36-27/h1-14,16,36H,(H,37,38). The molecule has 196 valence electrons. The maximum Gasteiger partial charge on any atom is 0.343 e. The number of esters is 1. The highest BCUT2D eigenvalue weighted by molar-refractivity contribution is 9.11. The first-order valence-corrected chi connectivity index (χ1v) is 13.7. The zero-order chi connectivity index (χ0) is 28.2. The maximum atomic E-state index is 13.4. The number of nitrogens with one attached hydrogen (secondary N) is 2. The molecule has 5 rings (SSSR count). The van der Waals surface area contributed by atoms with Gasteiger partial charge in [-0.2, -0.15) is 10.4 Å². The van der Waals surface area contributed by atoms with E-state index in [2.05, 4.69) is 53.4 Å². The second kappa shape index (κ2) is 11.9. The number of halogens is 3. The first kappa shape index (κ1) is 27.3. The molecule has 0 radical (unpaired) electrons. The van der Waals surface area contributed by atoms with E-state index in [1.165, 1.54) is 6.21 Å². The summed E-state index contributed by atoms with van der Waals surface area (Å²) < 4.78 is 6.87. The van der Waals surface area contributed by atoms with E-state index in [4.69, 9.17) is 16.3 Å². The molecule has 1 aromatic heterocycles. The minimum absolute atomic E-state index is 0.189. The minimum atomic E-state index is -0.553. The Morgan fingerprint density at radius 3 is 2.50 bits per heavy atom. The van der Waals surface area contributed by atoms with E-state index in [0.717, 1.165) is 0 Å². The Morgan fingerprint density at radius 2 is 1.75 bits per heavy atom. The average Bonchev–Trinajstić information content (AvgIpc) is 3.35. The van der Waals surface area contributed by atoms with Crippen LogP contribution < -0.4 is 10.2 Å². The van der Waals surface area contributed by atoms with Crippen LogP contribution in [0.4, 0.5) is 0 Å². The maximum absolute atomic E-state index is 13.4. The van der Waals surface area contributed by atoms with Crippen LogP contribution in [-0.4, -0.2) is 23.1 Å². The minimum Gasteiger partial charge on any atom is -0.421 e. The van der Waals surface area contributed by atoms with Crippen LogP contribution >= 0.6 is 43.5 Å². The smallest absolute Gasteiger partial charge is 0.343 e. The van der Waals surface area contributed by atoms with E-state index in [9.17, 15) is 14.9 Å². The van der Waals surface area contributed by atoms with Gasteiger partial charge in [0.25, 0.3) is 5.91 Å². The number of carbonyl (C=O) groups is 2. The summed E-state index contributed by atoms with van der Waals surface area (Å²) in [5.74, 6) is -0.864. The highest BCUT2D eigenvalue weighted by Crippen LogP contribution is 2.37. The molecule has 10 heteroatoms. The number of hydrogen-bond acceptors (Lipinski definition) is 5. The van der Waals surface area contributed by atoms with Gasteiger partial charge < -0.3 is 9.72 Å². The molecule has 0 atom stereocenters. The van der Waals surface area contributed by atoms with Crippen LogP contribution in [0.2, 0.25) is 5.02 Å². The monoisotopic (exact) mass is 674 g/mol. The third-order valence-electron chi connectivity index (χ3n) is 5.94. The Bertz CT molecular complexity index is 1850. The predicted molar refractivity (Wildman–Crippen MR) is 162 cm³/mol. The fraction of sp³-hybridized carbons (Fsp3) is 0. The van der Waals surface area contributed by atoms with Crippen molar-refractivity contribution in [2.75, 3.05) is 0 Å². The van der Waals surface area contributed by atoms with E-state index in [1.807, 2.05) is 12.1 Å². The van der Waals surface area contributed by atoms with Crippen LogP contribution in [0.3, 0.4) is 0 Å². The van der Waals surface area contributed by atoms with Gasteiger partial charge >= 0.3 is 5.97 Å². The highest BCUT2D eigenvalue weighted by Gasteiger charge is 2.22. The van der Waals surface area contributed by atoms with Crippen LogP contribution in [0.25, 0.3) is 22.0 Å². The third kappa shape index (κ3) is 5.56. The van der Waals surface area contributed by atoms with E-state index in [1.54, 1.807) is 72.8 Å². The highest BCUT2D eigenvalue weighted by atomic mass is 79.9. The van der Waals surface area contributed by atoms with Crippen molar-refractivity contribution in [3.8, 4) is 22.9 Å². The molecule has 0 bridgehead atoms. The van der Waals surface area contributed by atoms with Crippen molar-refractivity contribution in [2.24, 2.45) is 5.10 Å². The van der Waals surface area contributed by atoms with Gasteiger partial charge in [0.1, 0.15) is 11.8 Å². The van der Waals surface area contributed by atoms with Crippen LogP contribution in [0.5, 0.6) is 5.75 Å². The van der Waals surface area contributed by atoms with Crippen molar-refractivity contribution < 1.29 is 14.3 Å². The molecule has 1 heterocycles. The number of para-hydroxylation sites is 1. The molecule has 7 nitrogen and oxygen atoms in total. The first-order valence-electron chi connectivity index (χ1n) is 11.8. The second-order valence-electron chi connectivity index (χ2n) is 8.46. The molecule has 1 amide bonds. The molecule has 0 aliphatic rings. The lowest BCUT2D eigenvalue weighted by atomic mass is 10.0. The van der Waals surface area contributed by atoms with Crippen molar-refractivity contribution >= 4 is 72.5 Å². The Hall–Kier alpha value is -4.23. The molecule has 0 fully saturated rings. The number of hydrogen-bond donors (Lipinski definition) is 2. The van der Waals surface area contributed by atoms with Gasteiger partial charge in [-0.3, -0.25) is 4.79 Å². The Balaban J connectivity index is 1.49. The SMILES string of the molecule is N#Cc1cccc2c(-c3ccccc3Cl)c(C(=O)NN=Cc3cc(Br)cc(Br)c3OC(=O)c3ccccc3)[nH]c12. The number of H-pyrrole nitrogens is 1. The molecule has 5 aromatic rings. The number of aromatic amines is 1. The summed E-state index contributed by atoms with van der Waals surface area (Å²) in [4.78, 5) is 29.2. The number of aromatic nitrogens is 1. The van der Waals surface area contributed by atoms with Gasteiger partial charge in [0.2, 0.25) is 0 Å². The topological polar surface area (TPSA) is 107 Å². The molecule has 0 unspecified atom stereocenters. The third-order valence-corrected chi connectivity index (χ3v) is 7.31. The number of rotatable bonds is 6. The predicted octanol–water partition coefficient (Wildman–Crippen LogP) is 7.87. The van der Waals surface area contributed by atoms with E-state index in [-0.39, 0.29) is 11.4 Å². The van der Waals surface area contributed by atoms with Gasteiger partial charge in [-0.25, -0.2) is 10.2 Å². The van der Waals surface area contributed by atoms with Crippen LogP contribution in [-0.2, 0) is 0 Å². The molecule has 0 saturated carbocycles. The number of nitrogens with zero attached hydrogens (tertiary/aromatic N) is 2. The van der Waals surface area contributed by atoms with Crippen LogP contribution in [0.15, 0.2) is 99.0 Å². The van der Waals surface area contributed by atoms with E-state index < -0.39 is 11.9 Å². The lowest BCUT2D eigenvalue weighted by Gasteiger charge is -2.10. The summed E-state index contributed by atoms with van der Waals surface area (Å²) in [5, 5.41) is 14.9. The quantitative estimate of drug-likeness (QED) is 0.0826. The number of fused-ring (bicyclic) bond motifs is 1. The van der Waals surface area contributed by atoms with Crippen LogP contribution in [0, 0.1) is 11.3 Å². The number of hydrazone groups is 1. The largest absolute Gasteiger partial charge is 0.421 e. The van der Waals surface area contributed by atoms with Gasteiger partial charge in [0.15, 0.2) is 5.75 Å². The number of ether oxygens (including phenoxy) is 1. The summed E-state index contributed by atoms with van der Waals surface area (Å²) in [5.41, 5.74) is 5.61. The molecule has 40 heavy (non-hydrogen) atoms. The molecule has 0 aliphatic carbocycles. The lowest BCUT2D eigenvalue weighted by Crippen LogP contribution is -2.19. The Morgan fingerprint density at radius 1 is 1.00 bits per heavy atom. The van der Waals surface area contributed by atoms with Crippen molar-refractivity contribution in [1.82, 2.24) is 10.4 Å². The van der Waals surface area contributed by atoms with E-state index >= 15 is 0 Å². The number of nitriles is 1. The fourth-order valence-electron chi connectivity index (χ4n) is 4.15.